The van der Waals surface area contributed by atoms with Crippen LogP contribution in [0, 0.1) is 17.8 Å². The Bertz CT molecular complexity index is 152. The van der Waals surface area contributed by atoms with E-state index in [0.717, 1.165) is 24.7 Å². The molecule has 0 unspecified atom stereocenters. The minimum absolute atomic E-state index is 0.389. The maximum absolute atomic E-state index is 11.1. The van der Waals surface area contributed by atoms with Crippen molar-refractivity contribution in [1.29, 1.82) is 0 Å². The van der Waals surface area contributed by atoms with Gasteiger partial charge in [-0.25, -0.2) is 0 Å². The van der Waals surface area contributed by atoms with Gasteiger partial charge in [0.2, 0.25) is 0 Å². The second kappa shape index (κ2) is 4.06. The highest BCUT2D eigenvalue weighted by molar-refractivity contribution is 5.78. The predicted octanol–water partition coefficient (Wildman–Crippen LogP) is 3.04. The fraction of sp³-hybridized carbons (Fsp3) is 0.909. The molecule has 0 aromatic carbocycles. The molecule has 0 amide bonds. The highest BCUT2D eigenvalue weighted by Crippen LogP contribution is 2.33. The topological polar surface area (TPSA) is 17.1 Å². The van der Waals surface area contributed by atoms with Crippen LogP contribution in [-0.4, -0.2) is 5.78 Å². The summed E-state index contributed by atoms with van der Waals surface area (Å²) in [6, 6.07) is 0. The molecule has 0 spiro atoms. The highest BCUT2D eigenvalue weighted by Gasteiger charge is 2.25. The van der Waals surface area contributed by atoms with Gasteiger partial charge < -0.3 is 0 Å². The largest absolute Gasteiger partial charge is 0.300 e. The Hall–Kier alpha value is -0.330. The molecule has 1 aliphatic carbocycles. The van der Waals surface area contributed by atoms with E-state index in [-0.39, 0.29) is 0 Å². The molecule has 1 rings (SSSR count). The Morgan fingerprint density at radius 1 is 1.17 bits per heavy atom. The molecular weight excluding hydrogens is 148 g/mol. The molecule has 1 fully saturated rings. The van der Waals surface area contributed by atoms with E-state index in [1.54, 1.807) is 6.92 Å². The van der Waals surface area contributed by atoms with Gasteiger partial charge in [-0.05, 0) is 44.4 Å². The molecule has 12 heavy (non-hydrogen) atoms. The minimum atomic E-state index is 0.389. The molecule has 0 atom stereocenters. The zero-order valence-electron chi connectivity index (χ0n) is 8.47. The zero-order valence-corrected chi connectivity index (χ0v) is 8.47. The van der Waals surface area contributed by atoms with Crippen LogP contribution in [0.4, 0.5) is 0 Å². The second-order valence-corrected chi connectivity index (χ2v) is 4.47. The van der Waals surface area contributed by atoms with Crippen molar-refractivity contribution in [3.05, 3.63) is 0 Å². The Morgan fingerprint density at radius 3 is 2.00 bits per heavy atom. The van der Waals surface area contributed by atoms with Crippen LogP contribution in [-0.2, 0) is 4.79 Å². The van der Waals surface area contributed by atoms with Crippen LogP contribution in [0.1, 0.15) is 46.5 Å². The predicted molar refractivity (Wildman–Crippen MR) is 51.0 cm³/mol. The lowest BCUT2D eigenvalue weighted by atomic mass is 9.76. The Kier molecular flexibility index (Phi) is 3.30. The Balaban J connectivity index is 2.34. The number of ketones is 1. The summed E-state index contributed by atoms with van der Waals surface area (Å²) in [4.78, 5) is 11.1. The van der Waals surface area contributed by atoms with Gasteiger partial charge in [0, 0.05) is 5.92 Å². The summed E-state index contributed by atoms with van der Waals surface area (Å²) >= 11 is 0. The van der Waals surface area contributed by atoms with Crippen LogP contribution in [0.3, 0.4) is 0 Å². The number of carbonyl (C=O) groups is 1. The normalized spacial score (nSPS) is 30.7. The summed E-state index contributed by atoms with van der Waals surface area (Å²) in [5.41, 5.74) is 0. The van der Waals surface area contributed by atoms with Gasteiger partial charge in [-0.15, -0.1) is 0 Å². The lowest BCUT2D eigenvalue weighted by Crippen LogP contribution is -2.22. The van der Waals surface area contributed by atoms with Gasteiger partial charge >= 0.3 is 0 Å². The highest BCUT2D eigenvalue weighted by atomic mass is 16.1. The van der Waals surface area contributed by atoms with Crippen molar-refractivity contribution < 1.29 is 4.79 Å². The summed E-state index contributed by atoms with van der Waals surface area (Å²) in [6.07, 6.45) is 4.81. The van der Waals surface area contributed by atoms with Crippen molar-refractivity contribution in [2.75, 3.05) is 0 Å². The van der Waals surface area contributed by atoms with Gasteiger partial charge in [-0.1, -0.05) is 13.8 Å². The molecule has 0 saturated heterocycles. The minimum Gasteiger partial charge on any atom is -0.300 e. The average molecular weight is 168 g/mol. The smallest absolute Gasteiger partial charge is 0.132 e. The van der Waals surface area contributed by atoms with Crippen molar-refractivity contribution in [1.82, 2.24) is 0 Å². The summed E-state index contributed by atoms with van der Waals surface area (Å²) in [7, 11) is 0. The first-order chi connectivity index (χ1) is 5.61. The van der Waals surface area contributed by atoms with E-state index in [2.05, 4.69) is 13.8 Å². The second-order valence-electron chi connectivity index (χ2n) is 4.47. The summed E-state index contributed by atoms with van der Waals surface area (Å²) < 4.78 is 0. The van der Waals surface area contributed by atoms with E-state index in [4.69, 9.17) is 0 Å². The SMILES string of the molecule is CC(=O)C1CCC(C(C)C)CC1. The van der Waals surface area contributed by atoms with Crippen LogP contribution >= 0.6 is 0 Å². The first-order valence-electron chi connectivity index (χ1n) is 5.11. The van der Waals surface area contributed by atoms with Gasteiger partial charge in [0.25, 0.3) is 0 Å². The molecule has 0 aromatic rings. The molecule has 0 bridgehead atoms. The Labute approximate surface area is 75.5 Å². The number of Topliss-reactive ketones (excluding diaryl/α,β-unsaturated/α-hetero) is 1. The maximum atomic E-state index is 11.1. The molecule has 0 aromatic heterocycles. The number of rotatable bonds is 2. The standard InChI is InChI=1S/C11H20O/c1-8(2)10-4-6-11(7-5-10)9(3)12/h8,10-11H,4-7H2,1-3H3. The summed E-state index contributed by atoms with van der Waals surface area (Å²) in [6.45, 7) is 6.32. The fourth-order valence-corrected chi connectivity index (χ4v) is 2.19. The lowest BCUT2D eigenvalue weighted by Gasteiger charge is -2.29. The van der Waals surface area contributed by atoms with E-state index in [1.807, 2.05) is 0 Å². The molecule has 1 aliphatic rings. The van der Waals surface area contributed by atoms with Crippen molar-refractivity contribution >= 4 is 5.78 Å². The number of hydrogen-bond donors (Lipinski definition) is 0. The van der Waals surface area contributed by atoms with Crippen molar-refractivity contribution in [2.24, 2.45) is 17.8 Å². The van der Waals surface area contributed by atoms with Crippen LogP contribution in [0.2, 0.25) is 0 Å². The van der Waals surface area contributed by atoms with Crippen LogP contribution in [0.25, 0.3) is 0 Å². The van der Waals surface area contributed by atoms with Gasteiger partial charge in [-0.3, -0.25) is 4.79 Å². The van der Waals surface area contributed by atoms with E-state index in [1.165, 1.54) is 12.8 Å². The van der Waals surface area contributed by atoms with Crippen molar-refractivity contribution in [2.45, 2.75) is 46.5 Å². The van der Waals surface area contributed by atoms with Gasteiger partial charge in [0.1, 0.15) is 5.78 Å². The van der Waals surface area contributed by atoms with Crippen molar-refractivity contribution in [3.8, 4) is 0 Å². The number of hydrogen-bond acceptors (Lipinski definition) is 1. The van der Waals surface area contributed by atoms with Gasteiger partial charge in [-0.2, -0.15) is 0 Å². The Morgan fingerprint density at radius 2 is 1.67 bits per heavy atom. The van der Waals surface area contributed by atoms with Crippen LogP contribution < -0.4 is 0 Å². The molecular formula is C11H20O. The van der Waals surface area contributed by atoms with Gasteiger partial charge in [0.05, 0.1) is 0 Å². The molecule has 1 nitrogen and oxygen atoms in total. The third-order valence-electron chi connectivity index (χ3n) is 3.29. The average Bonchev–Trinajstić information content (AvgIpc) is 2.04. The van der Waals surface area contributed by atoms with E-state index < -0.39 is 0 Å². The first kappa shape index (κ1) is 9.76. The van der Waals surface area contributed by atoms with Gasteiger partial charge in [0.15, 0.2) is 0 Å². The molecule has 1 saturated carbocycles. The molecule has 0 N–H and O–H groups in total. The van der Waals surface area contributed by atoms with E-state index in [0.29, 0.717) is 11.7 Å². The van der Waals surface area contributed by atoms with Crippen LogP contribution in [0.15, 0.2) is 0 Å². The van der Waals surface area contributed by atoms with Crippen molar-refractivity contribution in [3.63, 3.8) is 0 Å². The molecule has 1 heteroatoms. The monoisotopic (exact) mass is 168 g/mol. The van der Waals surface area contributed by atoms with E-state index >= 15 is 0 Å². The lowest BCUT2D eigenvalue weighted by molar-refractivity contribution is -0.122. The molecule has 0 aliphatic heterocycles. The number of carbonyl (C=O) groups excluding carboxylic acids is 1. The fourth-order valence-electron chi connectivity index (χ4n) is 2.19. The summed E-state index contributed by atoms with van der Waals surface area (Å²) in [5.74, 6) is 2.47. The zero-order chi connectivity index (χ0) is 9.14. The first-order valence-corrected chi connectivity index (χ1v) is 5.11. The van der Waals surface area contributed by atoms with Crippen LogP contribution in [0.5, 0.6) is 0 Å². The van der Waals surface area contributed by atoms with E-state index in [9.17, 15) is 4.79 Å². The molecule has 0 radical (unpaired) electrons. The quantitative estimate of drug-likeness (QED) is 0.619. The third-order valence-corrected chi connectivity index (χ3v) is 3.29. The summed E-state index contributed by atoms with van der Waals surface area (Å²) in [5, 5.41) is 0. The molecule has 0 heterocycles. The maximum Gasteiger partial charge on any atom is 0.132 e. The third kappa shape index (κ3) is 2.33. The molecule has 70 valence electrons.